The summed E-state index contributed by atoms with van der Waals surface area (Å²) in [6.07, 6.45) is 6.34. The van der Waals surface area contributed by atoms with Gasteiger partial charge >= 0.3 is 0 Å². The molecule has 1 N–H and O–H groups in total. The summed E-state index contributed by atoms with van der Waals surface area (Å²) in [6.45, 7) is 6.64. The third-order valence-electron chi connectivity index (χ3n) is 6.61. The van der Waals surface area contributed by atoms with Gasteiger partial charge in [-0.1, -0.05) is 18.6 Å². The highest BCUT2D eigenvalue weighted by Crippen LogP contribution is 2.30. The van der Waals surface area contributed by atoms with E-state index in [1.165, 1.54) is 51.3 Å². The number of hydrogen-bond acceptors (Lipinski definition) is 4. The van der Waals surface area contributed by atoms with Crippen molar-refractivity contribution in [2.45, 2.75) is 37.6 Å². The zero-order chi connectivity index (χ0) is 21.4. The molecule has 0 atom stereocenters. The van der Waals surface area contributed by atoms with Crippen LogP contribution in [0.4, 0.5) is 4.39 Å². The molecule has 0 aromatic heterocycles. The highest BCUT2D eigenvalue weighted by atomic mass is 127. The maximum atomic E-state index is 13.7. The van der Waals surface area contributed by atoms with Crippen LogP contribution in [0.5, 0.6) is 5.75 Å². The lowest BCUT2D eigenvalue weighted by Crippen LogP contribution is -2.62. The summed E-state index contributed by atoms with van der Waals surface area (Å²) in [6, 6.07) is 6.53. The first-order chi connectivity index (χ1) is 14.5. The summed E-state index contributed by atoms with van der Waals surface area (Å²) in [5, 5.41) is 3.64. The molecule has 0 amide bonds. The molecule has 0 radical (unpaired) electrons. The van der Waals surface area contributed by atoms with E-state index in [1.54, 1.807) is 18.2 Å². The number of nitrogens with zero attached hydrogens (tertiary/aromatic N) is 4. The minimum atomic E-state index is -0.326. The highest BCUT2D eigenvalue weighted by molar-refractivity contribution is 14.0. The molecule has 0 bridgehead atoms. The number of halogens is 2. The molecular formula is C23H39FIN5O. The molecule has 1 aromatic rings. The Bertz CT molecular complexity index is 690. The lowest BCUT2D eigenvalue weighted by molar-refractivity contribution is 0.0170. The molecule has 0 saturated carbocycles. The van der Waals surface area contributed by atoms with E-state index in [2.05, 4.69) is 32.1 Å². The Labute approximate surface area is 204 Å². The van der Waals surface area contributed by atoms with Crippen LogP contribution in [0.25, 0.3) is 0 Å². The minimum absolute atomic E-state index is 0. The molecule has 2 fully saturated rings. The molecule has 0 unspecified atom stereocenters. The molecule has 0 spiro atoms. The Morgan fingerprint density at radius 3 is 2.48 bits per heavy atom. The van der Waals surface area contributed by atoms with Gasteiger partial charge in [0.15, 0.2) is 17.5 Å². The van der Waals surface area contributed by atoms with Crippen LogP contribution in [-0.2, 0) is 0 Å². The number of rotatable bonds is 7. The van der Waals surface area contributed by atoms with E-state index >= 15 is 0 Å². The van der Waals surface area contributed by atoms with Crippen molar-refractivity contribution in [2.24, 2.45) is 4.99 Å². The maximum Gasteiger partial charge on any atom is 0.193 e. The van der Waals surface area contributed by atoms with E-state index in [0.29, 0.717) is 18.9 Å². The average molecular weight is 548 g/mol. The molecule has 6 nitrogen and oxygen atoms in total. The van der Waals surface area contributed by atoms with Crippen molar-refractivity contribution in [3.63, 3.8) is 0 Å². The van der Waals surface area contributed by atoms with Crippen LogP contribution in [0.2, 0.25) is 0 Å². The van der Waals surface area contributed by atoms with E-state index in [0.717, 1.165) is 25.6 Å². The van der Waals surface area contributed by atoms with Crippen molar-refractivity contribution in [3.05, 3.63) is 30.1 Å². The number of aliphatic imine (C=N–C) groups is 1. The van der Waals surface area contributed by atoms with Crippen LogP contribution in [0.15, 0.2) is 29.3 Å². The van der Waals surface area contributed by atoms with Crippen LogP contribution in [0, 0.1) is 5.82 Å². The fourth-order valence-electron chi connectivity index (χ4n) is 4.60. The number of para-hydroxylation sites is 1. The first-order valence-corrected chi connectivity index (χ1v) is 11.3. The Hall–Kier alpha value is -1.13. The van der Waals surface area contributed by atoms with Crippen LogP contribution < -0.4 is 10.1 Å². The van der Waals surface area contributed by atoms with E-state index in [1.807, 2.05) is 14.1 Å². The van der Waals surface area contributed by atoms with Crippen molar-refractivity contribution < 1.29 is 9.13 Å². The van der Waals surface area contributed by atoms with Crippen LogP contribution >= 0.6 is 24.0 Å². The quantitative estimate of drug-likeness (QED) is 0.323. The zero-order valence-electron chi connectivity index (χ0n) is 19.3. The summed E-state index contributed by atoms with van der Waals surface area (Å²) in [5.74, 6) is 0.833. The lowest BCUT2D eigenvalue weighted by Gasteiger charge is -2.50. The van der Waals surface area contributed by atoms with Crippen LogP contribution in [0.1, 0.15) is 32.1 Å². The predicted octanol–water partition coefficient (Wildman–Crippen LogP) is 3.28. The molecule has 8 heteroatoms. The van der Waals surface area contributed by atoms with E-state index in [-0.39, 0.29) is 35.3 Å². The second kappa shape index (κ2) is 12.8. The van der Waals surface area contributed by atoms with E-state index in [9.17, 15) is 4.39 Å². The van der Waals surface area contributed by atoms with Gasteiger partial charge in [0.05, 0.1) is 6.54 Å². The topological polar surface area (TPSA) is 43.3 Å². The van der Waals surface area contributed by atoms with Crippen molar-refractivity contribution in [1.29, 1.82) is 0 Å². The Kier molecular flexibility index (Phi) is 10.8. The van der Waals surface area contributed by atoms with Crippen molar-refractivity contribution >= 4 is 29.9 Å². The zero-order valence-corrected chi connectivity index (χ0v) is 21.6. The number of hydrogen-bond donors (Lipinski definition) is 1. The van der Waals surface area contributed by atoms with Gasteiger partial charge in [-0.05, 0) is 71.0 Å². The second-order valence-corrected chi connectivity index (χ2v) is 8.68. The average Bonchev–Trinajstić information content (AvgIpc) is 2.77. The fourth-order valence-corrected chi connectivity index (χ4v) is 4.60. The maximum absolute atomic E-state index is 13.7. The summed E-state index contributed by atoms with van der Waals surface area (Å²) < 4.78 is 19.3. The van der Waals surface area contributed by atoms with Gasteiger partial charge in [-0.25, -0.2) is 4.39 Å². The SMILES string of the molecule is CN=C(NCC1(N2CCCCC2)CCN(C)CC1)N(C)CCOc1ccccc1F.I. The molecule has 1 aromatic carbocycles. The normalized spacial score (nSPS) is 20.1. The number of piperidine rings is 2. The smallest absolute Gasteiger partial charge is 0.193 e. The summed E-state index contributed by atoms with van der Waals surface area (Å²) in [7, 11) is 6.04. The molecule has 2 saturated heterocycles. The van der Waals surface area contributed by atoms with E-state index in [4.69, 9.17) is 4.74 Å². The van der Waals surface area contributed by atoms with Gasteiger partial charge in [-0.2, -0.15) is 0 Å². The van der Waals surface area contributed by atoms with Gasteiger partial charge < -0.3 is 19.9 Å². The second-order valence-electron chi connectivity index (χ2n) is 8.68. The van der Waals surface area contributed by atoms with Crippen LogP contribution in [-0.4, -0.2) is 93.2 Å². The number of benzene rings is 1. The molecule has 0 aliphatic carbocycles. The minimum Gasteiger partial charge on any atom is -0.489 e. The number of guanidine groups is 1. The van der Waals surface area contributed by atoms with Crippen LogP contribution in [0.3, 0.4) is 0 Å². The number of ether oxygens (including phenoxy) is 1. The third-order valence-corrected chi connectivity index (χ3v) is 6.61. The summed E-state index contributed by atoms with van der Waals surface area (Å²) in [4.78, 5) is 11.7. The van der Waals surface area contributed by atoms with Crippen molar-refractivity contribution in [3.8, 4) is 5.75 Å². The molecule has 31 heavy (non-hydrogen) atoms. The van der Waals surface area contributed by atoms with Gasteiger partial charge in [-0.15, -0.1) is 24.0 Å². The van der Waals surface area contributed by atoms with Gasteiger partial charge in [0.2, 0.25) is 0 Å². The standard InChI is InChI=1S/C23H38FN5O.HI/c1-25-22(28(3)17-18-30-21-10-6-5-9-20(21)24)26-19-23(11-15-27(2)16-12-23)29-13-7-4-8-14-29;/h5-6,9-10H,4,7-8,11-19H2,1-3H3,(H,25,26);1H. The van der Waals surface area contributed by atoms with Gasteiger partial charge in [-0.3, -0.25) is 9.89 Å². The molecule has 3 rings (SSSR count). The number of likely N-dealkylation sites (N-methyl/N-ethyl adjacent to an activating group) is 1. The third kappa shape index (κ3) is 7.18. The molecular weight excluding hydrogens is 508 g/mol. The van der Waals surface area contributed by atoms with Gasteiger partial charge in [0, 0.05) is 26.2 Å². The number of nitrogens with one attached hydrogen (secondary N) is 1. The molecule has 2 heterocycles. The Morgan fingerprint density at radius 1 is 1.16 bits per heavy atom. The van der Waals surface area contributed by atoms with Gasteiger partial charge in [0.1, 0.15) is 6.61 Å². The van der Waals surface area contributed by atoms with Crippen molar-refractivity contribution in [2.75, 3.05) is 67.0 Å². The monoisotopic (exact) mass is 547 g/mol. The first kappa shape index (κ1) is 26.1. The molecule has 2 aliphatic rings. The summed E-state index contributed by atoms with van der Waals surface area (Å²) >= 11 is 0. The Morgan fingerprint density at radius 2 is 1.84 bits per heavy atom. The predicted molar refractivity (Wildman–Crippen MR) is 136 cm³/mol. The molecule has 176 valence electrons. The van der Waals surface area contributed by atoms with Crippen molar-refractivity contribution in [1.82, 2.24) is 20.0 Å². The lowest BCUT2D eigenvalue weighted by atomic mass is 9.84. The number of likely N-dealkylation sites (tertiary alicyclic amines) is 2. The largest absolute Gasteiger partial charge is 0.489 e. The highest BCUT2D eigenvalue weighted by Gasteiger charge is 2.39. The first-order valence-electron chi connectivity index (χ1n) is 11.3. The Balaban J connectivity index is 0.00000341. The van der Waals surface area contributed by atoms with Gasteiger partial charge in [0.25, 0.3) is 0 Å². The summed E-state index contributed by atoms with van der Waals surface area (Å²) in [5.41, 5.74) is 0.202. The van der Waals surface area contributed by atoms with E-state index < -0.39 is 0 Å². The fraction of sp³-hybridized carbons (Fsp3) is 0.696. The molecule has 2 aliphatic heterocycles.